The maximum atomic E-state index is 14.8. The molecule has 3 heteroatoms. The highest BCUT2D eigenvalue weighted by molar-refractivity contribution is 6.50. The van der Waals surface area contributed by atoms with Crippen LogP contribution in [-0.2, 0) is 10.8 Å². The zero-order valence-corrected chi connectivity index (χ0v) is 30.3. The molecule has 8 aromatic carbocycles. The molecular formula is C47H43NO2. The molecule has 1 heterocycles. The molecular weight excluding hydrogens is 611 g/mol. The maximum Gasteiger partial charge on any atom is 0.262 e. The first-order chi connectivity index (χ1) is 23.8. The third kappa shape index (κ3) is 3.98. The Morgan fingerprint density at radius 2 is 0.940 bits per heavy atom. The van der Waals surface area contributed by atoms with Gasteiger partial charge in [0.25, 0.3) is 11.1 Å². The van der Waals surface area contributed by atoms with E-state index in [1.165, 1.54) is 54.6 Å². The van der Waals surface area contributed by atoms with E-state index >= 15 is 0 Å². The Hall–Kier alpha value is -5.02. The van der Waals surface area contributed by atoms with Gasteiger partial charge >= 0.3 is 0 Å². The van der Waals surface area contributed by atoms with Crippen molar-refractivity contribution in [3.8, 4) is 22.3 Å². The Balaban J connectivity index is 1.59. The summed E-state index contributed by atoms with van der Waals surface area (Å²) in [6, 6.07) is 30.7. The molecule has 0 aliphatic carbocycles. The maximum absolute atomic E-state index is 14.8. The monoisotopic (exact) mass is 653 g/mol. The summed E-state index contributed by atoms with van der Waals surface area (Å²) < 4.78 is 1.56. The molecule has 0 saturated carbocycles. The van der Waals surface area contributed by atoms with Crippen molar-refractivity contribution in [3.63, 3.8) is 0 Å². The number of benzene rings is 7. The van der Waals surface area contributed by atoms with Gasteiger partial charge in [-0.05, 0) is 124 Å². The van der Waals surface area contributed by atoms with E-state index in [0.29, 0.717) is 10.8 Å². The highest BCUT2D eigenvalue weighted by Crippen LogP contribution is 2.54. The van der Waals surface area contributed by atoms with E-state index in [2.05, 4.69) is 133 Å². The molecule has 0 spiro atoms. The van der Waals surface area contributed by atoms with Gasteiger partial charge in [0.1, 0.15) is 0 Å². The molecule has 0 saturated heterocycles. The normalized spacial score (nSPS) is 13.8. The van der Waals surface area contributed by atoms with Gasteiger partial charge in [0.05, 0.1) is 10.8 Å². The summed E-state index contributed by atoms with van der Waals surface area (Å²) in [7, 11) is 0. The molecule has 0 N–H and O–H groups in total. The molecule has 0 aliphatic rings. The van der Waals surface area contributed by atoms with E-state index in [1.54, 1.807) is 4.57 Å². The predicted molar refractivity (Wildman–Crippen MR) is 215 cm³/mol. The zero-order chi connectivity index (χ0) is 35.0. The molecule has 1 atom stereocenters. The van der Waals surface area contributed by atoms with Crippen molar-refractivity contribution in [2.75, 3.05) is 0 Å². The Morgan fingerprint density at radius 1 is 0.520 bits per heavy atom. The fourth-order valence-electron chi connectivity index (χ4n) is 9.34. The minimum absolute atomic E-state index is 0.0927. The molecule has 0 amide bonds. The van der Waals surface area contributed by atoms with Crippen molar-refractivity contribution in [1.82, 2.24) is 4.57 Å². The first-order valence-corrected chi connectivity index (χ1v) is 18.2. The van der Waals surface area contributed by atoms with Gasteiger partial charge in [0, 0.05) is 6.04 Å². The van der Waals surface area contributed by atoms with E-state index in [4.69, 9.17) is 0 Å². The van der Waals surface area contributed by atoms with E-state index in [1.807, 2.05) is 6.92 Å². The topological polar surface area (TPSA) is 39.1 Å². The van der Waals surface area contributed by atoms with Crippen molar-refractivity contribution in [1.29, 1.82) is 0 Å². The number of nitrogens with zero attached hydrogens (tertiary/aromatic N) is 1. The second-order valence-electron chi connectivity index (χ2n) is 16.7. The second-order valence-corrected chi connectivity index (χ2v) is 16.7. The molecule has 248 valence electrons. The van der Waals surface area contributed by atoms with Crippen molar-refractivity contribution in [2.24, 2.45) is 0 Å². The Labute approximate surface area is 292 Å². The summed E-state index contributed by atoms with van der Waals surface area (Å²) in [5.41, 5.74) is 6.58. The summed E-state index contributed by atoms with van der Waals surface area (Å²) in [5.74, 6) is 0. The molecule has 0 radical (unpaired) electrons. The quantitative estimate of drug-likeness (QED) is 0.173. The highest BCUT2D eigenvalue weighted by Gasteiger charge is 2.31. The van der Waals surface area contributed by atoms with E-state index < -0.39 is 0 Å². The average molecular weight is 654 g/mol. The third-order valence-electron chi connectivity index (χ3n) is 11.5. The van der Waals surface area contributed by atoms with Crippen LogP contribution in [0.15, 0.2) is 94.5 Å². The largest absolute Gasteiger partial charge is 0.271 e. The number of aromatic nitrogens is 1. The third-order valence-corrected chi connectivity index (χ3v) is 11.5. The molecule has 1 unspecified atom stereocenters. The van der Waals surface area contributed by atoms with Gasteiger partial charge < -0.3 is 0 Å². The van der Waals surface area contributed by atoms with Crippen LogP contribution in [0.1, 0.15) is 85.4 Å². The van der Waals surface area contributed by atoms with Crippen molar-refractivity contribution < 1.29 is 0 Å². The summed E-state index contributed by atoms with van der Waals surface area (Å²) >= 11 is 0. The van der Waals surface area contributed by atoms with E-state index in [0.717, 1.165) is 45.5 Å². The number of hydrogen-bond donors (Lipinski definition) is 0. The van der Waals surface area contributed by atoms with Crippen LogP contribution in [0.2, 0.25) is 0 Å². The molecule has 1 aromatic heterocycles. The van der Waals surface area contributed by atoms with Crippen LogP contribution in [0.3, 0.4) is 0 Å². The molecule has 0 bridgehead atoms. The average Bonchev–Trinajstić information content (AvgIpc) is 3.58. The molecule has 0 aliphatic heterocycles. The minimum atomic E-state index is -0.189. The number of rotatable bonds is 5. The molecule has 0 fully saturated rings. The van der Waals surface area contributed by atoms with Crippen molar-refractivity contribution >= 4 is 64.6 Å². The van der Waals surface area contributed by atoms with Gasteiger partial charge in [-0.15, -0.1) is 0 Å². The van der Waals surface area contributed by atoms with E-state index in [-0.39, 0.29) is 28.0 Å². The smallest absolute Gasteiger partial charge is 0.262 e. The lowest BCUT2D eigenvalue weighted by atomic mass is 9.80. The van der Waals surface area contributed by atoms with Gasteiger partial charge in [-0.3, -0.25) is 14.2 Å². The van der Waals surface area contributed by atoms with Crippen LogP contribution in [0, 0.1) is 0 Å². The summed E-state index contributed by atoms with van der Waals surface area (Å²) in [5, 5.41) is 12.4. The summed E-state index contributed by atoms with van der Waals surface area (Å²) in [6.07, 6.45) is 1.67. The molecule has 9 aromatic rings. The SMILES string of the molecule is CCCC(C)n1c(=O)c2c3cc(-c4ccccc4C(C)(C)C)c4ccc5ccc6c(-c7ccccc7C(C)(C)C)cc(c2c1=O)c1c6c5c4c31. The first kappa shape index (κ1) is 31.0. The van der Waals surface area contributed by atoms with Gasteiger partial charge in [0.15, 0.2) is 0 Å². The Kier molecular flexibility index (Phi) is 6.36. The fraction of sp³-hybridized carbons (Fsp3) is 0.277. The number of fused-ring (bicyclic) bond motifs is 3. The summed E-state index contributed by atoms with van der Waals surface area (Å²) in [4.78, 5) is 29.6. The molecule has 3 nitrogen and oxygen atoms in total. The van der Waals surface area contributed by atoms with Crippen LogP contribution >= 0.6 is 0 Å². The van der Waals surface area contributed by atoms with Crippen molar-refractivity contribution in [2.45, 2.75) is 85.1 Å². The van der Waals surface area contributed by atoms with Crippen LogP contribution in [0.25, 0.3) is 86.9 Å². The van der Waals surface area contributed by atoms with E-state index in [9.17, 15) is 9.59 Å². The number of hydrogen-bond acceptors (Lipinski definition) is 2. The van der Waals surface area contributed by atoms with Gasteiger partial charge in [-0.1, -0.05) is 128 Å². The van der Waals surface area contributed by atoms with Crippen molar-refractivity contribution in [3.05, 3.63) is 117 Å². The van der Waals surface area contributed by atoms with Gasteiger partial charge in [0.2, 0.25) is 0 Å². The minimum Gasteiger partial charge on any atom is -0.271 e. The first-order valence-electron chi connectivity index (χ1n) is 18.2. The highest BCUT2D eigenvalue weighted by atomic mass is 16.2. The lowest BCUT2D eigenvalue weighted by molar-refractivity contribution is 0.483. The van der Waals surface area contributed by atoms with Crippen LogP contribution < -0.4 is 11.1 Å². The van der Waals surface area contributed by atoms with Gasteiger partial charge in [-0.2, -0.15) is 0 Å². The zero-order valence-electron chi connectivity index (χ0n) is 30.3. The lowest BCUT2D eigenvalue weighted by Crippen LogP contribution is -2.28. The predicted octanol–water partition coefficient (Wildman–Crippen LogP) is 12.2. The standard InChI is InChI=1S/C47H43NO2/c1-9-14-25(2)48-44(49)42-33-23-31(27-15-10-12-17-35(27)46(3,4)5)29-21-19-26-20-22-30-32(28-16-11-13-18-36(28)47(6,7)8)24-34(43(42)45(48)50)41-39(30)37(26)38(29)40(33)41/h10-13,15-25H,9,14H2,1-8H3. The van der Waals surface area contributed by atoms with Crippen LogP contribution in [0.4, 0.5) is 0 Å². The Bertz CT molecular complexity index is 2710. The summed E-state index contributed by atoms with van der Waals surface area (Å²) in [6.45, 7) is 17.7. The van der Waals surface area contributed by atoms with Crippen LogP contribution in [-0.4, -0.2) is 4.57 Å². The molecule has 50 heavy (non-hydrogen) atoms. The Morgan fingerprint density at radius 3 is 1.36 bits per heavy atom. The molecule has 9 rings (SSSR count). The second kappa shape index (κ2) is 10.3. The fourth-order valence-corrected chi connectivity index (χ4v) is 9.34. The van der Waals surface area contributed by atoms with Gasteiger partial charge in [-0.25, -0.2) is 0 Å². The van der Waals surface area contributed by atoms with Crippen LogP contribution in [0.5, 0.6) is 0 Å². The lowest BCUT2D eigenvalue weighted by Gasteiger charge is -2.24.